The molecule has 0 fully saturated rings. The normalized spacial score (nSPS) is 10.5. The lowest BCUT2D eigenvalue weighted by atomic mass is 10.5. The molecule has 0 aliphatic carbocycles. The maximum Gasteiger partial charge on any atom is 0.163 e. The van der Waals surface area contributed by atoms with Crippen LogP contribution in [0.15, 0.2) is 18.9 Å². The lowest BCUT2D eigenvalue weighted by Crippen LogP contribution is -2.16. The number of imidazole rings is 1. The highest BCUT2D eigenvalue weighted by Gasteiger charge is 2.02. The second kappa shape index (κ2) is 3.06. The van der Waals surface area contributed by atoms with Crippen molar-refractivity contribution in [3.05, 3.63) is 18.9 Å². The zero-order chi connectivity index (χ0) is 9.26. The van der Waals surface area contributed by atoms with E-state index in [4.69, 9.17) is 18.0 Å². The quantitative estimate of drug-likeness (QED) is 0.686. The molecular weight excluding hydrogens is 186 g/mol. The fourth-order valence-corrected chi connectivity index (χ4v) is 1.24. The Hall–Kier alpha value is -1.56. The van der Waals surface area contributed by atoms with E-state index < -0.39 is 0 Å². The molecule has 6 heteroatoms. The van der Waals surface area contributed by atoms with Gasteiger partial charge in [-0.05, 0) is 0 Å². The van der Waals surface area contributed by atoms with Gasteiger partial charge in [0.2, 0.25) is 0 Å². The number of thiocarbonyl (C=S) groups is 1. The zero-order valence-electron chi connectivity index (χ0n) is 6.71. The van der Waals surface area contributed by atoms with Gasteiger partial charge in [0, 0.05) is 0 Å². The van der Waals surface area contributed by atoms with Gasteiger partial charge in [0.05, 0.1) is 24.1 Å². The largest absolute Gasteiger partial charge is 0.392 e. The summed E-state index contributed by atoms with van der Waals surface area (Å²) in [6.07, 6.45) is 4.77. The number of hydrogen-bond donors (Lipinski definition) is 1. The maximum absolute atomic E-state index is 5.41. The Balaban J connectivity index is 2.51. The van der Waals surface area contributed by atoms with Crippen LogP contribution in [-0.4, -0.2) is 24.5 Å². The highest BCUT2D eigenvalue weighted by molar-refractivity contribution is 7.80. The predicted molar refractivity (Wildman–Crippen MR) is 52.1 cm³/mol. The van der Waals surface area contributed by atoms with Crippen molar-refractivity contribution in [3.63, 3.8) is 0 Å². The second-order valence-electron chi connectivity index (χ2n) is 2.57. The van der Waals surface area contributed by atoms with Gasteiger partial charge in [0.15, 0.2) is 5.65 Å². The van der Waals surface area contributed by atoms with E-state index in [0.29, 0.717) is 11.5 Å². The SMILES string of the molecule is NC(=S)Cn1cnc2cncnc21. The molecule has 2 aromatic rings. The summed E-state index contributed by atoms with van der Waals surface area (Å²) < 4.78 is 1.79. The van der Waals surface area contributed by atoms with Gasteiger partial charge < -0.3 is 10.3 Å². The third-order valence-corrected chi connectivity index (χ3v) is 1.74. The van der Waals surface area contributed by atoms with Crippen LogP contribution in [0.2, 0.25) is 0 Å². The van der Waals surface area contributed by atoms with E-state index in [1.807, 2.05) is 0 Å². The molecule has 2 rings (SSSR count). The van der Waals surface area contributed by atoms with Crippen molar-refractivity contribution >= 4 is 28.4 Å². The molecule has 66 valence electrons. The van der Waals surface area contributed by atoms with Crippen molar-refractivity contribution in [2.24, 2.45) is 5.73 Å². The molecule has 0 aliphatic rings. The minimum Gasteiger partial charge on any atom is -0.392 e. The van der Waals surface area contributed by atoms with Gasteiger partial charge in [0.1, 0.15) is 11.8 Å². The van der Waals surface area contributed by atoms with E-state index in [9.17, 15) is 0 Å². The van der Waals surface area contributed by atoms with E-state index in [1.165, 1.54) is 6.33 Å². The summed E-state index contributed by atoms with van der Waals surface area (Å²) in [6, 6.07) is 0. The fourth-order valence-electron chi connectivity index (χ4n) is 1.10. The molecule has 2 aromatic heterocycles. The van der Waals surface area contributed by atoms with Gasteiger partial charge in [-0.3, -0.25) is 0 Å². The maximum atomic E-state index is 5.41. The Morgan fingerprint density at radius 3 is 3.15 bits per heavy atom. The average Bonchev–Trinajstić information content (AvgIpc) is 2.48. The molecule has 5 nitrogen and oxygen atoms in total. The summed E-state index contributed by atoms with van der Waals surface area (Å²) in [6.45, 7) is 0.461. The molecule has 0 bridgehead atoms. The topological polar surface area (TPSA) is 69.6 Å². The van der Waals surface area contributed by atoms with Gasteiger partial charge >= 0.3 is 0 Å². The van der Waals surface area contributed by atoms with E-state index in [2.05, 4.69) is 15.0 Å². The van der Waals surface area contributed by atoms with Crippen LogP contribution < -0.4 is 5.73 Å². The summed E-state index contributed by atoms with van der Waals surface area (Å²) in [5, 5.41) is 0. The number of fused-ring (bicyclic) bond motifs is 1. The molecule has 0 amide bonds. The standard InChI is InChI=1S/C7H7N5S/c8-6(13)2-12-4-11-5-1-9-3-10-7(5)12/h1,3-4H,2H2,(H2,8,13). The van der Waals surface area contributed by atoms with Crippen LogP contribution in [0.5, 0.6) is 0 Å². The first kappa shape index (κ1) is 8.06. The second-order valence-corrected chi connectivity index (χ2v) is 3.09. The Kier molecular flexibility index (Phi) is 1.90. The third kappa shape index (κ3) is 1.48. The molecule has 2 heterocycles. The van der Waals surface area contributed by atoms with Crippen molar-refractivity contribution in [1.82, 2.24) is 19.5 Å². The van der Waals surface area contributed by atoms with Crippen LogP contribution in [-0.2, 0) is 6.54 Å². The molecule has 0 aliphatic heterocycles. The van der Waals surface area contributed by atoms with Crippen LogP contribution >= 0.6 is 12.2 Å². The number of nitrogens with zero attached hydrogens (tertiary/aromatic N) is 4. The smallest absolute Gasteiger partial charge is 0.163 e. The lowest BCUT2D eigenvalue weighted by Gasteiger charge is -1.99. The first-order chi connectivity index (χ1) is 6.27. The first-order valence-corrected chi connectivity index (χ1v) is 4.07. The number of aromatic nitrogens is 4. The summed E-state index contributed by atoms with van der Waals surface area (Å²) in [4.78, 5) is 12.4. The summed E-state index contributed by atoms with van der Waals surface area (Å²) >= 11 is 4.79. The molecule has 0 saturated carbocycles. The number of rotatable bonds is 2. The minimum atomic E-state index is 0.415. The Morgan fingerprint density at radius 2 is 2.38 bits per heavy atom. The summed E-state index contributed by atoms with van der Waals surface area (Å²) in [5.74, 6) is 0. The average molecular weight is 193 g/mol. The van der Waals surface area contributed by atoms with Crippen molar-refractivity contribution in [3.8, 4) is 0 Å². The Labute approximate surface area is 79.6 Å². The number of hydrogen-bond acceptors (Lipinski definition) is 4. The Morgan fingerprint density at radius 1 is 1.54 bits per heavy atom. The first-order valence-electron chi connectivity index (χ1n) is 3.66. The molecule has 0 saturated heterocycles. The van der Waals surface area contributed by atoms with Crippen molar-refractivity contribution in [2.75, 3.05) is 0 Å². The summed E-state index contributed by atoms with van der Waals surface area (Å²) in [7, 11) is 0. The monoisotopic (exact) mass is 193 g/mol. The summed E-state index contributed by atoms with van der Waals surface area (Å²) in [5.41, 5.74) is 6.92. The Bertz CT molecular complexity index is 449. The zero-order valence-corrected chi connectivity index (χ0v) is 7.53. The number of nitrogens with two attached hydrogens (primary N) is 1. The minimum absolute atomic E-state index is 0.415. The van der Waals surface area contributed by atoms with Crippen molar-refractivity contribution in [1.29, 1.82) is 0 Å². The van der Waals surface area contributed by atoms with E-state index in [-0.39, 0.29) is 0 Å². The van der Waals surface area contributed by atoms with E-state index in [0.717, 1.165) is 11.2 Å². The lowest BCUT2D eigenvalue weighted by molar-refractivity contribution is 0.869. The van der Waals surface area contributed by atoms with Gasteiger partial charge in [-0.25, -0.2) is 15.0 Å². The highest BCUT2D eigenvalue weighted by Crippen LogP contribution is 2.06. The molecule has 0 aromatic carbocycles. The van der Waals surface area contributed by atoms with Crippen molar-refractivity contribution in [2.45, 2.75) is 6.54 Å². The molecule has 0 atom stereocenters. The third-order valence-electron chi connectivity index (χ3n) is 1.61. The van der Waals surface area contributed by atoms with Gasteiger partial charge in [-0.2, -0.15) is 0 Å². The fraction of sp³-hybridized carbons (Fsp3) is 0.143. The molecule has 13 heavy (non-hydrogen) atoms. The van der Waals surface area contributed by atoms with E-state index in [1.54, 1.807) is 17.1 Å². The van der Waals surface area contributed by atoms with Crippen LogP contribution in [0, 0.1) is 0 Å². The van der Waals surface area contributed by atoms with Crippen LogP contribution in [0.25, 0.3) is 11.2 Å². The molecule has 0 radical (unpaired) electrons. The van der Waals surface area contributed by atoms with E-state index >= 15 is 0 Å². The van der Waals surface area contributed by atoms with Crippen LogP contribution in [0.4, 0.5) is 0 Å². The van der Waals surface area contributed by atoms with Gasteiger partial charge in [0.25, 0.3) is 0 Å². The molecular formula is C7H7N5S. The predicted octanol–water partition coefficient (Wildman–Crippen LogP) is 0.112. The van der Waals surface area contributed by atoms with Crippen LogP contribution in [0.1, 0.15) is 0 Å². The van der Waals surface area contributed by atoms with Crippen molar-refractivity contribution < 1.29 is 0 Å². The van der Waals surface area contributed by atoms with Crippen LogP contribution in [0.3, 0.4) is 0 Å². The molecule has 0 unspecified atom stereocenters. The van der Waals surface area contributed by atoms with Gasteiger partial charge in [-0.15, -0.1) is 0 Å². The molecule has 0 spiro atoms. The highest BCUT2D eigenvalue weighted by atomic mass is 32.1. The van der Waals surface area contributed by atoms with Gasteiger partial charge in [-0.1, -0.05) is 12.2 Å². The molecule has 2 N–H and O–H groups in total.